The zero-order valence-corrected chi connectivity index (χ0v) is 22.0. The molecule has 5 aromatic heterocycles. The number of hydrogen-bond donors (Lipinski definition) is 2. The molecular weight excluding hydrogens is 507 g/mol. The maximum absolute atomic E-state index is 14.7. The van der Waals surface area contributed by atoms with Crippen LogP contribution in [0.1, 0.15) is 18.4 Å². The number of fused-ring (bicyclic) bond motifs is 2. The molecule has 0 amide bonds. The average molecular weight is 535 g/mol. The lowest BCUT2D eigenvalue weighted by Crippen LogP contribution is -2.25. The number of nitrogens with one attached hydrogen (secondary N) is 2. The second kappa shape index (κ2) is 10.1. The van der Waals surface area contributed by atoms with E-state index in [1.54, 1.807) is 18.6 Å². The van der Waals surface area contributed by atoms with Gasteiger partial charge in [-0.2, -0.15) is 5.10 Å². The van der Waals surface area contributed by atoms with Crippen LogP contribution in [0.5, 0.6) is 5.75 Å². The second-order valence-corrected chi connectivity index (χ2v) is 10.1. The maximum atomic E-state index is 14.7. The molecule has 10 heteroatoms. The van der Waals surface area contributed by atoms with Gasteiger partial charge in [-0.25, -0.2) is 14.4 Å². The number of ether oxygens (including phenoxy) is 1. The van der Waals surface area contributed by atoms with Crippen LogP contribution in [0.15, 0.2) is 61.2 Å². The summed E-state index contributed by atoms with van der Waals surface area (Å²) in [6.07, 6.45) is 9.48. The molecule has 6 aromatic rings. The van der Waals surface area contributed by atoms with Gasteiger partial charge in [0.2, 0.25) is 0 Å². The summed E-state index contributed by atoms with van der Waals surface area (Å²) >= 11 is 0. The predicted octanol–water partition coefficient (Wildman–Crippen LogP) is 5.55. The highest BCUT2D eigenvalue weighted by atomic mass is 19.1. The van der Waals surface area contributed by atoms with Gasteiger partial charge in [0.05, 0.1) is 17.4 Å². The molecule has 0 atom stereocenters. The molecule has 0 saturated carbocycles. The Balaban J connectivity index is 1.24. The Kier molecular flexibility index (Phi) is 6.16. The molecule has 1 fully saturated rings. The van der Waals surface area contributed by atoms with Crippen molar-refractivity contribution < 1.29 is 9.13 Å². The highest BCUT2D eigenvalue weighted by molar-refractivity contribution is 5.96. The number of benzene rings is 1. The van der Waals surface area contributed by atoms with Crippen molar-refractivity contribution in [1.29, 1.82) is 0 Å². The van der Waals surface area contributed by atoms with Crippen LogP contribution in [0, 0.1) is 12.7 Å². The highest BCUT2D eigenvalue weighted by Crippen LogP contribution is 2.33. The summed E-state index contributed by atoms with van der Waals surface area (Å²) in [5.74, 6) is 0.692. The molecular formula is C30H27FN8O. The van der Waals surface area contributed by atoms with E-state index in [-0.39, 0.29) is 5.82 Å². The third-order valence-corrected chi connectivity index (χ3v) is 7.43. The number of aryl methyl sites for hydroxylation is 1. The molecule has 0 aliphatic carbocycles. The topological polar surface area (TPSA) is 109 Å². The molecule has 1 aliphatic rings. The van der Waals surface area contributed by atoms with Gasteiger partial charge in [-0.1, -0.05) is 0 Å². The molecule has 9 nitrogen and oxygen atoms in total. The Morgan fingerprint density at radius 1 is 1.00 bits per heavy atom. The summed E-state index contributed by atoms with van der Waals surface area (Å²) in [7, 11) is 0. The molecule has 2 N–H and O–H groups in total. The fourth-order valence-electron chi connectivity index (χ4n) is 5.33. The van der Waals surface area contributed by atoms with Gasteiger partial charge in [-0.15, -0.1) is 0 Å². The van der Waals surface area contributed by atoms with Crippen molar-refractivity contribution in [2.45, 2.75) is 19.8 Å². The summed E-state index contributed by atoms with van der Waals surface area (Å²) < 4.78 is 20.6. The van der Waals surface area contributed by atoms with Crippen molar-refractivity contribution in [2.24, 2.45) is 0 Å². The Hall–Kier alpha value is -4.70. The van der Waals surface area contributed by atoms with Gasteiger partial charge in [0, 0.05) is 47.7 Å². The molecule has 0 unspecified atom stereocenters. The standard InChI is InChI=1S/C30H27FN8O/c1-18-4-6-32-16-24(18)25-15-23-26(17-34-25)37-38-28(23)30-35-27-22(5-7-33-29(27)36-30)19-12-20(31)14-21(13-19)40-11-10-39-8-2-3-9-39/h4-7,12-17H,2-3,8-11H2,1H3,(H,37,38)(H,33,35,36). The second-order valence-electron chi connectivity index (χ2n) is 10.1. The zero-order valence-electron chi connectivity index (χ0n) is 22.0. The quantitative estimate of drug-likeness (QED) is 0.277. The SMILES string of the molecule is Cc1ccncc1-c1cc2c(-c3nc4c(-c5cc(F)cc(OCCN6CCCC6)c5)ccnc4[nH]3)n[nH]c2cn1. The van der Waals surface area contributed by atoms with E-state index in [0.29, 0.717) is 40.6 Å². The van der Waals surface area contributed by atoms with E-state index in [1.807, 2.05) is 37.4 Å². The van der Waals surface area contributed by atoms with Crippen LogP contribution >= 0.6 is 0 Å². The minimum atomic E-state index is -0.363. The summed E-state index contributed by atoms with van der Waals surface area (Å²) in [6.45, 7) is 5.58. The number of halogens is 1. The molecule has 0 spiro atoms. The van der Waals surface area contributed by atoms with Crippen molar-refractivity contribution >= 4 is 22.1 Å². The van der Waals surface area contributed by atoms with E-state index in [4.69, 9.17) is 9.72 Å². The number of nitrogens with zero attached hydrogens (tertiary/aromatic N) is 6. The monoisotopic (exact) mass is 534 g/mol. The van der Waals surface area contributed by atoms with E-state index in [9.17, 15) is 4.39 Å². The molecule has 1 saturated heterocycles. The predicted molar refractivity (Wildman–Crippen MR) is 151 cm³/mol. The fraction of sp³-hybridized carbons (Fsp3) is 0.233. The molecule has 0 radical (unpaired) electrons. The Bertz CT molecular complexity index is 1840. The molecule has 40 heavy (non-hydrogen) atoms. The van der Waals surface area contributed by atoms with Crippen LogP contribution in [0.25, 0.3) is 56.0 Å². The average Bonchev–Trinajstić information content (AvgIpc) is 3.72. The Morgan fingerprint density at radius 3 is 2.77 bits per heavy atom. The first-order valence-electron chi connectivity index (χ1n) is 13.4. The van der Waals surface area contributed by atoms with Crippen molar-refractivity contribution in [3.8, 4) is 39.7 Å². The minimum absolute atomic E-state index is 0.363. The summed E-state index contributed by atoms with van der Waals surface area (Å²) in [5.41, 5.74) is 6.91. The van der Waals surface area contributed by atoms with E-state index in [2.05, 4.69) is 35.0 Å². The first kappa shape index (κ1) is 24.3. The van der Waals surface area contributed by atoms with E-state index in [0.717, 1.165) is 52.9 Å². The maximum Gasteiger partial charge on any atom is 0.160 e. The third-order valence-electron chi connectivity index (χ3n) is 7.43. The Labute approximate surface area is 229 Å². The van der Waals surface area contributed by atoms with Crippen LogP contribution in [0.2, 0.25) is 0 Å². The van der Waals surface area contributed by atoms with Gasteiger partial charge in [0.15, 0.2) is 11.5 Å². The lowest BCUT2D eigenvalue weighted by atomic mass is 10.1. The normalized spacial score (nSPS) is 13.9. The van der Waals surface area contributed by atoms with Crippen molar-refractivity contribution in [2.75, 3.05) is 26.2 Å². The summed E-state index contributed by atoms with van der Waals surface area (Å²) in [5, 5.41) is 8.44. The third kappa shape index (κ3) is 4.56. The fourth-order valence-corrected chi connectivity index (χ4v) is 5.33. The summed E-state index contributed by atoms with van der Waals surface area (Å²) in [6, 6.07) is 10.6. The smallest absolute Gasteiger partial charge is 0.160 e. The number of likely N-dealkylation sites (tertiary alicyclic amines) is 1. The van der Waals surface area contributed by atoms with Gasteiger partial charge in [-0.05, 0) is 74.3 Å². The van der Waals surface area contributed by atoms with Gasteiger partial charge >= 0.3 is 0 Å². The lowest BCUT2D eigenvalue weighted by Gasteiger charge is -2.15. The molecule has 1 aliphatic heterocycles. The number of hydrogen-bond acceptors (Lipinski definition) is 7. The Morgan fingerprint density at radius 2 is 1.90 bits per heavy atom. The van der Waals surface area contributed by atoms with Crippen molar-refractivity contribution in [1.82, 2.24) is 40.0 Å². The van der Waals surface area contributed by atoms with Crippen LogP contribution in [0.3, 0.4) is 0 Å². The molecule has 7 rings (SSSR count). The van der Waals surface area contributed by atoms with Crippen LogP contribution < -0.4 is 4.74 Å². The number of imidazole rings is 1. The molecule has 200 valence electrons. The minimum Gasteiger partial charge on any atom is -0.492 e. The van der Waals surface area contributed by atoms with Gasteiger partial charge in [-0.3, -0.25) is 20.0 Å². The van der Waals surface area contributed by atoms with Gasteiger partial charge in [0.1, 0.15) is 29.4 Å². The van der Waals surface area contributed by atoms with Crippen molar-refractivity contribution in [3.05, 3.63) is 72.6 Å². The number of aromatic amines is 2. The molecule has 1 aromatic carbocycles. The van der Waals surface area contributed by atoms with E-state index in [1.165, 1.54) is 25.0 Å². The van der Waals surface area contributed by atoms with Gasteiger partial charge < -0.3 is 9.72 Å². The first-order chi connectivity index (χ1) is 19.6. The van der Waals surface area contributed by atoms with E-state index < -0.39 is 0 Å². The van der Waals surface area contributed by atoms with Crippen LogP contribution in [-0.2, 0) is 0 Å². The molecule has 6 heterocycles. The lowest BCUT2D eigenvalue weighted by molar-refractivity contribution is 0.237. The van der Waals surface area contributed by atoms with Crippen LogP contribution in [-0.4, -0.2) is 66.3 Å². The van der Waals surface area contributed by atoms with E-state index >= 15 is 0 Å². The number of aromatic nitrogens is 7. The molecule has 0 bridgehead atoms. The van der Waals surface area contributed by atoms with Crippen LogP contribution in [0.4, 0.5) is 4.39 Å². The zero-order chi connectivity index (χ0) is 27.1. The number of pyridine rings is 3. The summed E-state index contributed by atoms with van der Waals surface area (Å²) in [4.78, 5) is 23.9. The van der Waals surface area contributed by atoms with Gasteiger partial charge in [0.25, 0.3) is 0 Å². The number of H-pyrrole nitrogens is 2. The highest BCUT2D eigenvalue weighted by Gasteiger charge is 2.18. The number of rotatable bonds is 7. The van der Waals surface area contributed by atoms with Crippen molar-refractivity contribution in [3.63, 3.8) is 0 Å². The largest absolute Gasteiger partial charge is 0.492 e. The first-order valence-corrected chi connectivity index (χ1v) is 13.4.